The smallest absolute Gasteiger partial charge is 0.160 e. The third-order valence-corrected chi connectivity index (χ3v) is 10.2. The molecule has 0 amide bonds. The van der Waals surface area contributed by atoms with Crippen molar-refractivity contribution in [2.24, 2.45) is 0 Å². The Labute approximate surface area is 291 Å². The SMILES string of the molecule is C/C=C\C=C(/C)c1cc(-c2cccc(-c3ccc(-c4cccc(-c5cccc6c5sc5ccccc56)c4)cc3)c2)nc(-c2ccccc2)n1. The van der Waals surface area contributed by atoms with Crippen molar-refractivity contribution in [1.29, 1.82) is 0 Å². The number of hydrogen-bond donors (Lipinski definition) is 0. The number of rotatable bonds is 7. The molecule has 2 aromatic heterocycles. The van der Waals surface area contributed by atoms with E-state index in [1.807, 2.05) is 48.6 Å². The molecule has 0 saturated heterocycles. The highest BCUT2D eigenvalue weighted by atomic mass is 32.1. The maximum atomic E-state index is 5.03. The third kappa shape index (κ3) is 6.13. The fraction of sp³-hybridized carbons (Fsp3) is 0.0435. The number of benzene rings is 6. The van der Waals surface area contributed by atoms with E-state index in [9.17, 15) is 0 Å². The second kappa shape index (κ2) is 13.3. The molecule has 0 aliphatic carbocycles. The van der Waals surface area contributed by atoms with Gasteiger partial charge >= 0.3 is 0 Å². The number of hydrogen-bond acceptors (Lipinski definition) is 3. The van der Waals surface area contributed by atoms with Crippen LogP contribution in [0.4, 0.5) is 0 Å². The van der Waals surface area contributed by atoms with Gasteiger partial charge < -0.3 is 0 Å². The predicted molar refractivity (Wildman–Crippen MR) is 211 cm³/mol. The van der Waals surface area contributed by atoms with Gasteiger partial charge in [0.05, 0.1) is 11.4 Å². The van der Waals surface area contributed by atoms with Crippen LogP contribution in [0.25, 0.3) is 81.8 Å². The molecule has 2 nitrogen and oxygen atoms in total. The highest BCUT2D eigenvalue weighted by molar-refractivity contribution is 7.26. The number of nitrogens with zero attached hydrogens (tertiary/aromatic N) is 2. The van der Waals surface area contributed by atoms with E-state index in [0.717, 1.165) is 39.5 Å². The van der Waals surface area contributed by atoms with Crippen molar-refractivity contribution in [3.05, 3.63) is 176 Å². The quantitative estimate of drug-likeness (QED) is 0.161. The standard InChI is InChI=1S/C46H34N2S/c1-3-4-13-31(2)42-30-43(48-46(47-42)34-14-6-5-7-15-34)38-19-11-17-36(29-38)33-26-24-32(25-27-33)35-16-10-18-37(28-35)39-21-12-22-41-40-20-8-9-23-44(40)49-45(39)41/h3-30H,1-2H3/b4-3-,31-13+. The summed E-state index contributed by atoms with van der Waals surface area (Å²) < 4.78 is 2.67. The minimum absolute atomic E-state index is 0.724. The van der Waals surface area contributed by atoms with Crippen molar-refractivity contribution in [2.45, 2.75) is 13.8 Å². The summed E-state index contributed by atoms with van der Waals surface area (Å²) in [5.74, 6) is 0.724. The Bertz CT molecular complexity index is 2500. The minimum Gasteiger partial charge on any atom is -0.228 e. The summed E-state index contributed by atoms with van der Waals surface area (Å²) in [6.07, 6.45) is 6.17. The van der Waals surface area contributed by atoms with E-state index in [0.29, 0.717) is 0 Å². The molecule has 8 rings (SSSR count). The molecule has 8 aromatic rings. The molecule has 0 unspecified atom stereocenters. The molecule has 0 aliphatic heterocycles. The van der Waals surface area contributed by atoms with Gasteiger partial charge in [-0.1, -0.05) is 146 Å². The summed E-state index contributed by atoms with van der Waals surface area (Å²) in [6, 6.07) is 54.1. The van der Waals surface area contributed by atoms with Crippen molar-refractivity contribution in [3.8, 4) is 56.0 Å². The van der Waals surface area contributed by atoms with Gasteiger partial charge in [0.15, 0.2) is 5.82 Å². The second-order valence-corrected chi connectivity index (χ2v) is 13.3. The average Bonchev–Trinajstić information content (AvgIpc) is 3.56. The molecule has 3 heteroatoms. The zero-order valence-electron chi connectivity index (χ0n) is 27.5. The summed E-state index contributed by atoms with van der Waals surface area (Å²) in [6.45, 7) is 4.12. The lowest BCUT2D eigenvalue weighted by atomic mass is 9.96. The molecular weight excluding hydrogens is 613 g/mol. The van der Waals surface area contributed by atoms with E-state index >= 15 is 0 Å². The summed E-state index contributed by atoms with van der Waals surface area (Å²) in [5.41, 5.74) is 12.2. The number of thiophene rings is 1. The second-order valence-electron chi connectivity index (χ2n) is 12.2. The van der Waals surface area contributed by atoms with Crippen LogP contribution in [0.5, 0.6) is 0 Å². The molecular formula is C46H34N2S. The van der Waals surface area contributed by atoms with Gasteiger partial charge in [-0.05, 0) is 77.1 Å². The van der Waals surface area contributed by atoms with Crippen LogP contribution < -0.4 is 0 Å². The summed E-state index contributed by atoms with van der Waals surface area (Å²) in [5, 5.41) is 2.65. The molecule has 0 spiro atoms. The topological polar surface area (TPSA) is 25.8 Å². The summed E-state index contributed by atoms with van der Waals surface area (Å²) in [4.78, 5) is 9.97. The number of aromatic nitrogens is 2. The Morgan fingerprint density at radius 1 is 0.531 bits per heavy atom. The van der Waals surface area contributed by atoms with Gasteiger partial charge in [-0.15, -0.1) is 11.3 Å². The lowest BCUT2D eigenvalue weighted by molar-refractivity contribution is 1.15. The first-order chi connectivity index (χ1) is 24.1. The van der Waals surface area contributed by atoms with Gasteiger partial charge in [-0.2, -0.15) is 0 Å². The van der Waals surface area contributed by atoms with Crippen LogP contribution in [0.15, 0.2) is 170 Å². The highest BCUT2D eigenvalue weighted by Crippen LogP contribution is 2.40. The van der Waals surface area contributed by atoms with E-state index in [4.69, 9.17) is 9.97 Å². The minimum atomic E-state index is 0.724. The molecule has 0 aliphatic rings. The van der Waals surface area contributed by atoms with Crippen molar-refractivity contribution in [2.75, 3.05) is 0 Å². The molecule has 0 N–H and O–H groups in total. The molecule has 6 aromatic carbocycles. The Hall–Kier alpha value is -5.90. The Kier molecular flexibility index (Phi) is 8.27. The maximum absolute atomic E-state index is 5.03. The number of fused-ring (bicyclic) bond motifs is 3. The molecule has 0 atom stereocenters. The molecule has 49 heavy (non-hydrogen) atoms. The van der Waals surface area contributed by atoms with Gasteiger partial charge in [0.2, 0.25) is 0 Å². The zero-order chi connectivity index (χ0) is 33.2. The Morgan fingerprint density at radius 2 is 1.14 bits per heavy atom. The highest BCUT2D eigenvalue weighted by Gasteiger charge is 2.13. The summed E-state index contributed by atoms with van der Waals surface area (Å²) in [7, 11) is 0. The van der Waals surface area contributed by atoms with Crippen molar-refractivity contribution in [1.82, 2.24) is 9.97 Å². The molecule has 2 heterocycles. The van der Waals surface area contributed by atoms with E-state index in [2.05, 4.69) is 146 Å². The predicted octanol–water partition coefficient (Wildman–Crippen LogP) is 13.2. The lowest BCUT2D eigenvalue weighted by Crippen LogP contribution is -1.97. The fourth-order valence-corrected chi connectivity index (χ4v) is 7.63. The average molecular weight is 647 g/mol. The van der Waals surface area contributed by atoms with E-state index in [1.165, 1.54) is 48.0 Å². The fourth-order valence-electron chi connectivity index (χ4n) is 6.39. The van der Waals surface area contributed by atoms with Gasteiger partial charge in [-0.25, -0.2) is 9.97 Å². The van der Waals surface area contributed by atoms with Gasteiger partial charge in [-0.3, -0.25) is 0 Å². The van der Waals surface area contributed by atoms with Crippen LogP contribution >= 0.6 is 11.3 Å². The largest absolute Gasteiger partial charge is 0.228 e. The van der Waals surface area contributed by atoms with Crippen LogP contribution in [0, 0.1) is 0 Å². The first-order valence-corrected chi connectivity index (χ1v) is 17.4. The normalized spacial score (nSPS) is 11.9. The first kappa shape index (κ1) is 30.4. The van der Waals surface area contributed by atoms with Gasteiger partial charge in [0.1, 0.15) is 0 Å². The zero-order valence-corrected chi connectivity index (χ0v) is 28.3. The van der Waals surface area contributed by atoms with Crippen molar-refractivity contribution >= 4 is 37.1 Å². The van der Waals surface area contributed by atoms with Crippen LogP contribution in [0.2, 0.25) is 0 Å². The lowest BCUT2D eigenvalue weighted by Gasteiger charge is -2.11. The third-order valence-electron chi connectivity index (χ3n) is 8.99. The molecule has 0 saturated carbocycles. The van der Waals surface area contributed by atoms with Crippen LogP contribution in [-0.2, 0) is 0 Å². The molecule has 0 fully saturated rings. The van der Waals surface area contributed by atoms with Gasteiger partial charge in [0, 0.05) is 31.3 Å². The molecule has 0 radical (unpaired) electrons. The van der Waals surface area contributed by atoms with Crippen LogP contribution in [0.3, 0.4) is 0 Å². The Balaban J connectivity index is 1.12. The molecule has 0 bridgehead atoms. The van der Waals surface area contributed by atoms with E-state index in [1.54, 1.807) is 0 Å². The van der Waals surface area contributed by atoms with E-state index < -0.39 is 0 Å². The first-order valence-electron chi connectivity index (χ1n) is 16.6. The Morgan fingerprint density at radius 3 is 1.90 bits per heavy atom. The van der Waals surface area contributed by atoms with E-state index in [-0.39, 0.29) is 0 Å². The molecule has 234 valence electrons. The van der Waals surface area contributed by atoms with Gasteiger partial charge in [0.25, 0.3) is 0 Å². The maximum Gasteiger partial charge on any atom is 0.160 e. The summed E-state index contributed by atoms with van der Waals surface area (Å²) >= 11 is 1.88. The van der Waals surface area contributed by atoms with Crippen LogP contribution in [-0.4, -0.2) is 9.97 Å². The van der Waals surface area contributed by atoms with Crippen molar-refractivity contribution < 1.29 is 0 Å². The number of allylic oxidation sites excluding steroid dienone is 4. The van der Waals surface area contributed by atoms with Crippen LogP contribution in [0.1, 0.15) is 19.5 Å². The monoisotopic (exact) mass is 646 g/mol. The van der Waals surface area contributed by atoms with Crippen molar-refractivity contribution in [3.63, 3.8) is 0 Å².